The van der Waals surface area contributed by atoms with Gasteiger partial charge in [-0.3, -0.25) is 9.79 Å². The van der Waals surface area contributed by atoms with E-state index in [1.807, 2.05) is 7.05 Å². The van der Waals surface area contributed by atoms with Crippen LogP contribution in [-0.2, 0) is 4.79 Å². The Kier molecular flexibility index (Phi) is 7.17. The van der Waals surface area contributed by atoms with Crippen LogP contribution < -0.4 is 16.0 Å². The minimum atomic E-state index is 0.161. The quantitative estimate of drug-likeness (QED) is 0.477. The van der Waals surface area contributed by atoms with Crippen molar-refractivity contribution in [3.05, 3.63) is 0 Å². The molecule has 26 heavy (non-hydrogen) atoms. The molecule has 2 unspecified atom stereocenters. The highest BCUT2D eigenvalue weighted by atomic mass is 16.2. The second kappa shape index (κ2) is 9.58. The summed E-state index contributed by atoms with van der Waals surface area (Å²) in [4.78, 5) is 19.2. The summed E-state index contributed by atoms with van der Waals surface area (Å²) in [6.07, 6.45) is 11.9. The van der Waals surface area contributed by atoms with E-state index in [9.17, 15) is 4.79 Å². The van der Waals surface area contributed by atoms with Crippen LogP contribution in [0, 0.1) is 5.92 Å². The number of guanidine groups is 1. The molecular weight excluding hydrogens is 326 g/mol. The standard InChI is InChI=1S/C20H37N5O/c1-21-20(22-12-13-25(2)18-8-3-4-9-18)24-17-7-5-6-15(14-17)19(26)23-16-10-11-16/h15-18H,3-14H2,1-2H3,(H,23,26)(H2,21,22,24). The molecule has 3 rings (SSSR count). The fourth-order valence-corrected chi connectivity index (χ4v) is 4.37. The maximum absolute atomic E-state index is 12.3. The van der Waals surface area contributed by atoms with Crippen LogP contribution in [0.4, 0.5) is 0 Å². The maximum Gasteiger partial charge on any atom is 0.223 e. The lowest BCUT2D eigenvalue weighted by atomic mass is 9.85. The number of nitrogens with one attached hydrogen (secondary N) is 3. The maximum atomic E-state index is 12.3. The number of carbonyl (C=O) groups excluding carboxylic acids is 1. The summed E-state index contributed by atoms with van der Waals surface area (Å²) >= 11 is 0. The van der Waals surface area contributed by atoms with E-state index >= 15 is 0 Å². The molecule has 148 valence electrons. The van der Waals surface area contributed by atoms with E-state index in [1.54, 1.807) is 0 Å². The first-order chi connectivity index (χ1) is 12.7. The number of nitrogens with zero attached hydrogens (tertiary/aromatic N) is 2. The first-order valence-electron chi connectivity index (χ1n) is 10.6. The van der Waals surface area contributed by atoms with Crippen LogP contribution in [0.15, 0.2) is 4.99 Å². The number of aliphatic imine (C=N–C) groups is 1. The largest absolute Gasteiger partial charge is 0.355 e. The SMILES string of the molecule is CN=C(NCCN(C)C1CCCC1)NC1CCCC(C(=O)NC2CC2)C1. The van der Waals surface area contributed by atoms with Crippen molar-refractivity contribution in [1.29, 1.82) is 0 Å². The molecule has 0 bridgehead atoms. The third-order valence-electron chi connectivity index (χ3n) is 6.24. The van der Waals surface area contributed by atoms with E-state index < -0.39 is 0 Å². The minimum absolute atomic E-state index is 0.161. The fraction of sp³-hybridized carbons (Fsp3) is 0.900. The molecule has 3 fully saturated rings. The van der Waals surface area contributed by atoms with E-state index in [0.29, 0.717) is 12.1 Å². The number of rotatable bonds is 7. The van der Waals surface area contributed by atoms with Gasteiger partial charge in [0.15, 0.2) is 5.96 Å². The molecule has 3 aliphatic carbocycles. The van der Waals surface area contributed by atoms with Crippen LogP contribution in [-0.4, -0.2) is 62.1 Å². The summed E-state index contributed by atoms with van der Waals surface area (Å²) in [5, 5.41) is 10.2. The van der Waals surface area contributed by atoms with E-state index in [1.165, 1.54) is 25.7 Å². The fourth-order valence-electron chi connectivity index (χ4n) is 4.37. The zero-order valence-electron chi connectivity index (χ0n) is 16.6. The molecule has 3 N–H and O–H groups in total. The number of amides is 1. The minimum Gasteiger partial charge on any atom is -0.355 e. The van der Waals surface area contributed by atoms with Gasteiger partial charge in [-0.05, 0) is 52.0 Å². The Labute approximate surface area is 158 Å². The molecule has 6 heteroatoms. The van der Waals surface area contributed by atoms with E-state index in [0.717, 1.165) is 63.6 Å². The Bertz CT molecular complexity index is 485. The van der Waals surface area contributed by atoms with Crippen molar-refractivity contribution in [2.24, 2.45) is 10.9 Å². The molecule has 0 spiro atoms. The summed E-state index contributed by atoms with van der Waals surface area (Å²) in [6.45, 7) is 1.95. The molecule has 6 nitrogen and oxygen atoms in total. The van der Waals surface area contributed by atoms with Crippen LogP contribution >= 0.6 is 0 Å². The lowest BCUT2D eigenvalue weighted by Gasteiger charge is -2.30. The second-order valence-corrected chi connectivity index (χ2v) is 8.41. The highest BCUT2D eigenvalue weighted by Gasteiger charge is 2.31. The molecule has 0 saturated heterocycles. The average molecular weight is 364 g/mol. The molecule has 2 atom stereocenters. The van der Waals surface area contributed by atoms with Gasteiger partial charge in [-0.1, -0.05) is 19.3 Å². The Morgan fingerprint density at radius 1 is 1.00 bits per heavy atom. The lowest BCUT2D eigenvalue weighted by Crippen LogP contribution is -2.48. The van der Waals surface area contributed by atoms with Crippen molar-refractivity contribution in [1.82, 2.24) is 20.9 Å². The van der Waals surface area contributed by atoms with Crippen LogP contribution in [0.5, 0.6) is 0 Å². The van der Waals surface area contributed by atoms with Crippen molar-refractivity contribution in [2.75, 3.05) is 27.2 Å². The summed E-state index contributed by atoms with van der Waals surface area (Å²) in [7, 11) is 4.06. The first-order valence-corrected chi connectivity index (χ1v) is 10.6. The van der Waals surface area contributed by atoms with Gasteiger partial charge < -0.3 is 20.9 Å². The third-order valence-corrected chi connectivity index (χ3v) is 6.24. The van der Waals surface area contributed by atoms with Crippen LogP contribution in [0.2, 0.25) is 0 Å². The predicted molar refractivity (Wildman–Crippen MR) is 106 cm³/mol. The number of hydrogen-bond acceptors (Lipinski definition) is 3. The van der Waals surface area contributed by atoms with Crippen molar-refractivity contribution in [3.8, 4) is 0 Å². The van der Waals surface area contributed by atoms with Gasteiger partial charge in [-0.15, -0.1) is 0 Å². The molecule has 1 amide bonds. The van der Waals surface area contributed by atoms with Gasteiger partial charge in [0.2, 0.25) is 5.91 Å². The summed E-state index contributed by atoms with van der Waals surface area (Å²) < 4.78 is 0. The Balaban J connectivity index is 1.37. The van der Waals surface area contributed by atoms with Crippen molar-refractivity contribution >= 4 is 11.9 Å². The van der Waals surface area contributed by atoms with Gasteiger partial charge in [0.25, 0.3) is 0 Å². The molecule has 3 saturated carbocycles. The average Bonchev–Trinajstić information content (AvgIpc) is 3.29. The number of likely N-dealkylation sites (N-methyl/N-ethyl adjacent to an activating group) is 1. The highest BCUT2D eigenvalue weighted by molar-refractivity contribution is 5.81. The molecule has 0 aliphatic heterocycles. The molecule has 0 radical (unpaired) electrons. The van der Waals surface area contributed by atoms with Gasteiger partial charge in [0.1, 0.15) is 0 Å². The summed E-state index contributed by atoms with van der Waals surface area (Å²) in [6, 6.07) is 1.57. The van der Waals surface area contributed by atoms with Crippen molar-refractivity contribution < 1.29 is 4.79 Å². The first kappa shape index (κ1) is 19.5. The van der Waals surface area contributed by atoms with Gasteiger partial charge in [-0.2, -0.15) is 0 Å². The van der Waals surface area contributed by atoms with E-state index in [-0.39, 0.29) is 11.8 Å². The predicted octanol–water partition coefficient (Wildman–Crippen LogP) is 1.86. The normalized spacial score (nSPS) is 27.6. The molecule has 0 aromatic carbocycles. The summed E-state index contributed by atoms with van der Waals surface area (Å²) in [5.41, 5.74) is 0. The van der Waals surface area contributed by atoms with Gasteiger partial charge in [-0.25, -0.2) is 0 Å². The van der Waals surface area contributed by atoms with E-state index in [2.05, 4.69) is 32.9 Å². The Hall–Kier alpha value is -1.30. The summed E-state index contributed by atoms with van der Waals surface area (Å²) in [5.74, 6) is 1.30. The lowest BCUT2D eigenvalue weighted by molar-refractivity contribution is -0.126. The molecule has 0 aromatic heterocycles. The van der Waals surface area contributed by atoms with Gasteiger partial charge in [0, 0.05) is 44.2 Å². The van der Waals surface area contributed by atoms with Crippen LogP contribution in [0.3, 0.4) is 0 Å². The number of hydrogen-bond donors (Lipinski definition) is 3. The zero-order valence-corrected chi connectivity index (χ0v) is 16.6. The topological polar surface area (TPSA) is 68.8 Å². The van der Waals surface area contributed by atoms with Gasteiger partial charge >= 0.3 is 0 Å². The highest BCUT2D eigenvalue weighted by Crippen LogP contribution is 2.26. The smallest absolute Gasteiger partial charge is 0.223 e. The third kappa shape index (κ3) is 5.86. The Morgan fingerprint density at radius 2 is 1.77 bits per heavy atom. The molecular formula is C20H37N5O. The molecule has 0 heterocycles. The van der Waals surface area contributed by atoms with Crippen LogP contribution in [0.25, 0.3) is 0 Å². The zero-order chi connectivity index (χ0) is 18.4. The van der Waals surface area contributed by atoms with Crippen molar-refractivity contribution in [2.45, 2.75) is 82.3 Å². The Morgan fingerprint density at radius 3 is 2.46 bits per heavy atom. The van der Waals surface area contributed by atoms with Gasteiger partial charge in [0.05, 0.1) is 0 Å². The molecule has 3 aliphatic rings. The van der Waals surface area contributed by atoms with E-state index in [4.69, 9.17) is 0 Å². The van der Waals surface area contributed by atoms with Crippen LogP contribution in [0.1, 0.15) is 64.2 Å². The monoisotopic (exact) mass is 363 g/mol. The number of carbonyl (C=O) groups is 1. The van der Waals surface area contributed by atoms with Crippen molar-refractivity contribution in [3.63, 3.8) is 0 Å². The second-order valence-electron chi connectivity index (χ2n) is 8.41. The molecule has 0 aromatic rings.